The highest BCUT2D eigenvalue weighted by Gasteiger charge is 2.45. The van der Waals surface area contributed by atoms with Crippen LogP contribution in [0.1, 0.15) is 63.0 Å². The Balaban J connectivity index is 1.91. The minimum absolute atomic E-state index is 0.197. The molecule has 1 atom stereocenters. The number of methoxy groups -OCH3 is 1. The zero-order valence-electron chi connectivity index (χ0n) is 15.9. The maximum absolute atomic E-state index is 12.7. The summed E-state index contributed by atoms with van der Waals surface area (Å²) in [7, 11) is 1.75. The van der Waals surface area contributed by atoms with E-state index >= 15 is 0 Å². The fourth-order valence-corrected chi connectivity index (χ4v) is 5.32. The van der Waals surface area contributed by atoms with Gasteiger partial charge in [-0.15, -0.1) is 0 Å². The van der Waals surface area contributed by atoms with Gasteiger partial charge in [-0.1, -0.05) is 44.0 Å². The van der Waals surface area contributed by atoms with Gasteiger partial charge in [-0.3, -0.25) is 4.79 Å². The van der Waals surface area contributed by atoms with E-state index in [0.29, 0.717) is 12.3 Å². The summed E-state index contributed by atoms with van der Waals surface area (Å²) in [5.74, 6) is 1.71. The second kappa shape index (κ2) is 6.94. The van der Waals surface area contributed by atoms with E-state index in [0.717, 1.165) is 25.0 Å². The molecule has 0 aromatic heterocycles. The van der Waals surface area contributed by atoms with Crippen LogP contribution in [0.25, 0.3) is 10.8 Å². The summed E-state index contributed by atoms with van der Waals surface area (Å²) in [5, 5.41) is 6.10. The summed E-state index contributed by atoms with van der Waals surface area (Å²) in [6.07, 6.45) is 8.40. The lowest BCUT2D eigenvalue weighted by Crippen LogP contribution is -2.52. The van der Waals surface area contributed by atoms with Crippen LogP contribution in [-0.2, 0) is 16.8 Å². The molecule has 0 bridgehead atoms. The first-order chi connectivity index (χ1) is 12.7. The number of benzene rings is 2. The molecule has 1 unspecified atom stereocenters. The van der Waals surface area contributed by atoms with Gasteiger partial charge in [-0.05, 0) is 60.4 Å². The second-order valence-corrected chi connectivity index (χ2v) is 7.90. The van der Waals surface area contributed by atoms with Crippen LogP contribution in [0.3, 0.4) is 0 Å². The fraction of sp³-hybridized carbons (Fsp3) is 0.522. The molecule has 0 heterocycles. The van der Waals surface area contributed by atoms with Crippen molar-refractivity contribution in [3.63, 3.8) is 0 Å². The topological polar surface area (TPSA) is 38.3 Å². The summed E-state index contributed by atoms with van der Waals surface area (Å²) >= 11 is 0. The van der Waals surface area contributed by atoms with Gasteiger partial charge in [0.05, 0.1) is 12.6 Å². The van der Waals surface area contributed by atoms with E-state index in [-0.39, 0.29) is 11.4 Å². The van der Waals surface area contributed by atoms with Crippen molar-refractivity contribution in [2.45, 2.75) is 63.8 Å². The van der Waals surface area contributed by atoms with Crippen molar-refractivity contribution >= 4 is 16.7 Å². The van der Waals surface area contributed by atoms with Gasteiger partial charge in [-0.25, -0.2) is 0 Å². The highest BCUT2D eigenvalue weighted by atomic mass is 16.5. The third kappa shape index (κ3) is 2.69. The predicted octanol–water partition coefficient (Wildman–Crippen LogP) is 5.10. The van der Waals surface area contributed by atoms with Crippen LogP contribution in [0.2, 0.25) is 0 Å². The van der Waals surface area contributed by atoms with E-state index in [1.54, 1.807) is 7.11 Å². The summed E-state index contributed by atoms with van der Waals surface area (Å²) in [5.41, 5.74) is 2.40. The lowest BCUT2D eigenvalue weighted by atomic mass is 9.68. The molecular weight excluding hydrogens is 322 g/mol. The number of rotatable bonds is 5. The van der Waals surface area contributed by atoms with Crippen molar-refractivity contribution in [1.29, 1.82) is 0 Å². The predicted molar refractivity (Wildman–Crippen MR) is 106 cm³/mol. The second-order valence-electron chi connectivity index (χ2n) is 7.90. The van der Waals surface area contributed by atoms with Gasteiger partial charge < -0.3 is 10.1 Å². The van der Waals surface area contributed by atoms with Crippen LogP contribution in [0.15, 0.2) is 30.3 Å². The summed E-state index contributed by atoms with van der Waals surface area (Å²) in [6.45, 7) is 2.07. The fourth-order valence-electron chi connectivity index (χ4n) is 5.32. The molecule has 1 fully saturated rings. The molecule has 3 nitrogen and oxygen atoms in total. The number of carbonyl (C=O) groups is 1. The number of nitrogens with one attached hydrogen (secondary N) is 1. The molecule has 1 amide bonds. The number of amides is 1. The lowest BCUT2D eigenvalue weighted by Gasteiger charge is -2.44. The molecule has 2 aromatic carbocycles. The van der Waals surface area contributed by atoms with Crippen molar-refractivity contribution in [3.8, 4) is 5.75 Å². The largest absolute Gasteiger partial charge is 0.496 e. The van der Waals surface area contributed by atoms with Crippen LogP contribution in [0.4, 0.5) is 0 Å². The molecule has 0 spiro atoms. The minimum Gasteiger partial charge on any atom is -0.496 e. The first kappa shape index (κ1) is 17.4. The first-order valence-corrected chi connectivity index (χ1v) is 10.1. The zero-order chi connectivity index (χ0) is 18.1. The Morgan fingerprint density at radius 3 is 2.77 bits per heavy atom. The quantitative estimate of drug-likeness (QED) is 0.814. The van der Waals surface area contributed by atoms with Crippen molar-refractivity contribution < 1.29 is 9.53 Å². The number of hydrogen-bond acceptors (Lipinski definition) is 2. The van der Waals surface area contributed by atoms with Gasteiger partial charge in [0.1, 0.15) is 5.75 Å². The van der Waals surface area contributed by atoms with Gasteiger partial charge in [0.15, 0.2) is 0 Å². The highest BCUT2D eigenvalue weighted by Crippen LogP contribution is 2.50. The zero-order valence-corrected chi connectivity index (χ0v) is 15.9. The molecular formula is C23H29NO2. The Bertz CT molecular complexity index is 822. The smallest absolute Gasteiger partial charge is 0.220 e. The SMILES string of the molecule is CCCC(=O)NC1(C2CCCC2)CCc2c(OC)ccc3cccc1c23. The molecule has 2 aliphatic rings. The Morgan fingerprint density at radius 2 is 2.04 bits per heavy atom. The Morgan fingerprint density at radius 1 is 1.23 bits per heavy atom. The molecule has 2 aromatic rings. The summed E-state index contributed by atoms with van der Waals surface area (Å²) in [6, 6.07) is 10.8. The van der Waals surface area contributed by atoms with Gasteiger partial charge in [0, 0.05) is 12.0 Å². The molecule has 4 rings (SSSR count). The maximum atomic E-state index is 12.7. The average Bonchev–Trinajstić information content (AvgIpc) is 3.20. The van der Waals surface area contributed by atoms with Crippen LogP contribution in [0, 0.1) is 5.92 Å². The monoisotopic (exact) mass is 351 g/mol. The Kier molecular flexibility index (Phi) is 4.64. The van der Waals surface area contributed by atoms with E-state index in [1.165, 1.54) is 47.6 Å². The number of hydrogen-bond donors (Lipinski definition) is 1. The molecule has 3 heteroatoms. The van der Waals surface area contributed by atoms with Crippen molar-refractivity contribution in [2.75, 3.05) is 7.11 Å². The van der Waals surface area contributed by atoms with Crippen LogP contribution < -0.4 is 10.1 Å². The van der Waals surface area contributed by atoms with E-state index < -0.39 is 0 Å². The Hall–Kier alpha value is -2.03. The van der Waals surface area contributed by atoms with E-state index in [1.807, 2.05) is 0 Å². The Labute approximate surface area is 156 Å². The third-order valence-corrected chi connectivity index (χ3v) is 6.47. The molecule has 2 aliphatic carbocycles. The van der Waals surface area contributed by atoms with Crippen LogP contribution >= 0.6 is 0 Å². The molecule has 26 heavy (non-hydrogen) atoms. The molecule has 1 N–H and O–H groups in total. The van der Waals surface area contributed by atoms with Crippen LogP contribution in [-0.4, -0.2) is 13.0 Å². The average molecular weight is 351 g/mol. The number of aryl methyl sites for hydroxylation is 1. The summed E-state index contributed by atoms with van der Waals surface area (Å²) < 4.78 is 5.66. The van der Waals surface area contributed by atoms with Gasteiger partial charge in [0.25, 0.3) is 0 Å². The minimum atomic E-state index is -0.221. The first-order valence-electron chi connectivity index (χ1n) is 10.1. The molecule has 138 valence electrons. The van der Waals surface area contributed by atoms with Gasteiger partial charge in [0.2, 0.25) is 5.91 Å². The normalized spacial score (nSPS) is 22.5. The maximum Gasteiger partial charge on any atom is 0.220 e. The van der Waals surface area contributed by atoms with Crippen molar-refractivity contribution in [2.24, 2.45) is 5.92 Å². The van der Waals surface area contributed by atoms with Gasteiger partial charge in [-0.2, -0.15) is 0 Å². The number of ether oxygens (including phenoxy) is 1. The molecule has 0 aliphatic heterocycles. The molecule has 1 saturated carbocycles. The van der Waals surface area contributed by atoms with Crippen molar-refractivity contribution in [1.82, 2.24) is 5.32 Å². The van der Waals surface area contributed by atoms with E-state index in [4.69, 9.17) is 4.74 Å². The summed E-state index contributed by atoms with van der Waals surface area (Å²) in [4.78, 5) is 12.7. The standard InChI is InChI=1S/C23H29NO2/c1-3-7-21(25)24-23(17-9-4-5-10-17)15-14-18-20(26-2)13-12-16-8-6-11-19(23)22(16)18/h6,8,11-13,17H,3-5,7,9-10,14-15H2,1-2H3,(H,24,25). The van der Waals surface area contributed by atoms with E-state index in [2.05, 4.69) is 42.6 Å². The van der Waals surface area contributed by atoms with Crippen molar-refractivity contribution in [3.05, 3.63) is 41.5 Å². The molecule has 0 saturated heterocycles. The molecule has 0 radical (unpaired) electrons. The van der Waals surface area contributed by atoms with Gasteiger partial charge >= 0.3 is 0 Å². The van der Waals surface area contributed by atoms with Crippen LogP contribution in [0.5, 0.6) is 5.75 Å². The number of carbonyl (C=O) groups excluding carboxylic acids is 1. The third-order valence-electron chi connectivity index (χ3n) is 6.47. The van der Waals surface area contributed by atoms with E-state index in [9.17, 15) is 4.79 Å². The lowest BCUT2D eigenvalue weighted by molar-refractivity contribution is -0.124. The highest BCUT2D eigenvalue weighted by molar-refractivity contribution is 5.93.